The third-order valence-electron chi connectivity index (χ3n) is 5.69. The summed E-state index contributed by atoms with van der Waals surface area (Å²) < 4.78 is 6.69. The zero-order valence-corrected chi connectivity index (χ0v) is 21.0. The average molecular weight is 507 g/mol. The van der Waals surface area contributed by atoms with Crippen LogP contribution in [-0.2, 0) is 11.2 Å². The number of guanidine groups is 1. The molecule has 1 aromatic carbocycles. The van der Waals surface area contributed by atoms with Gasteiger partial charge in [-0.1, -0.05) is 18.6 Å². The molecular formula is C24H32BrN3O2S. The second-order valence-corrected chi connectivity index (χ2v) is 10.1. The molecular weight excluding hydrogens is 474 g/mol. The third-order valence-corrected chi connectivity index (χ3v) is 7.43. The van der Waals surface area contributed by atoms with Crippen LogP contribution in [0.5, 0.6) is 0 Å². The number of benzene rings is 1. The lowest BCUT2D eigenvalue weighted by Gasteiger charge is -2.27. The minimum atomic E-state index is -0.0803. The van der Waals surface area contributed by atoms with Crippen LogP contribution >= 0.6 is 27.3 Å². The van der Waals surface area contributed by atoms with Crippen LogP contribution < -0.4 is 5.73 Å². The minimum absolute atomic E-state index is 0.0736. The van der Waals surface area contributed by atoms with E-state index in [0.717, 1.165) is 59.0 Å². The van der Waals surface area contributed by atoms with Gasteiger partial charge in [-0.15, -0.1) is 11.3 Å². The Balaban J connectivity index is 2.01. The molecule has 1 atom stereocenters. The van der Waals surface area contributed by atoms with Gasteiger partial charge in [0.2, 0.25) is 0 Å². The van der Waals surface area contributed by atoms with Crippen molar-refractivity contribution >= 4 is 39.1 Å². The van der Waals surface area contributed by atoms with Crippen LogP contribution in [0.2, 0.25) is 0 Å². The van der Waals surface area contributed by atoms with Crippen molar-refractivity contribution in [2.75, 3.05) is 13.7 Å². The molecule has 7 heteroatoms. The highest BCUT2D eigenvalue weighted by Gasteiger charge is 2.25. The molecule has 2 N–H and O–H groups in total. The summed E-state index contributed by atoms with van der Waals surface area (Å²) >= 11 is 5.19. The number of methoxy groups -OCH3 is 1. The number of nitrogens with zero attached hydrogens (tertiary/aromatic N) is 2. The van der Waals surface area contributed by atoms with E-state index < -0.39 is 0 Å². The lowest BCUT2D eigenvalue weighted by molar-refractivity contribution is 0.0808. The largest absolute Gasteiger partial charge is 0.381 e. The number of aryl methyl sites for hydroxylation is 1. The van der Waals surface area contributed by atoms with Crippen molar-refractivity contribution in [3.8, 4) is 10.4 Å². The molecule has 0 bridgehead atoms. The SMILES string of the molecule is COC1CCCCc2ccc(-c3cc(Br)cs3)cc2C(=O)N(C(C)C)C(N)=NCCC1. The first-order valence-corrected chi connectivity index (χ1v) is 12.6. The van der Waals surface area contributed by atoms with Crippen LogP contribution in [0.15, 0.2) is 39.1 Å². The van der Waals surface area contributed by atoms with E-state index in [4.69, 9.17) is 10.5 Å². The van der Waals surface area contributed by atoms with Crippen molar-refractivity contribution in [1.29, 1.82) is 0 Å². The van der Waals surface area contributed by atoms with Crippen LogP contribution in [0.1, 0.15) is 61.9 Å². The number of aliphatic imine (C=N–C) groups is 1. The molecule has 1 aliphatic rings. The van der Waals surface area contributed by atoms with Gasteiger partial charge in [-0.2, -0.15) is 0 Å². The number of thiophene rings is 1. The van der Waals surface area contributed by atoms with Crippen molar-refractivity contribution in [3.05, 3.63) is 45.2 Å². The van der Waals surface area contributed by atoms with Gasteiger partial charge in [-0.3, -0.25) is 14.7 Å². The molecule has 1 amide bonds. The zero-order valence-electron chi connectivity index (χ0n) is 18.6. The van der Waals surface area contributed by atoms with Crippen molar-refractivity contribution in [1.82, 2.24) is 4.90 Å². The number of rotatable bonds is 3. The van der Waals surface area contributed by atoms with E-state index in [2.05, 4.69) is 44.5 Å². The number of nitrogens with two attached hydrogens (primary N) is 1. The molecule has 1 aromatic heterocycles. The summed E-state index contributed by atoms with van der Waals surface area (Å²) in [7, 11) is 1.78. The molecule has 3 rings (SSSR count). The fourth-order valence-corrected chi connectivity index (χ4v) is 5.43. The number of carbonyl (C=O) groups excluding carboxylic acids is 1. The Bertz CT molecular complexity index is 925. The van der Waals surface area contributed by atoms with Crippen LogP contribution in [0.4, 0.5) is 0 Å². The fourth-order valence-electron chi connectivity index (χ4n) is 4.00. The van der Waals surface area contributed by atoms with Gasteiger partial charge < -0.3 is 10.5 Å². The van der Waals surface area contributed by atoms with Gasteiger partial charge in [0.05, 0.1) is 6.10 Å². The van der Waals surface area contributed by atoms with Crippen LogP contribution in [-0.4, -0.2) is 42.6 Å². The Morgan fingerprint density at radius 1 is 1.23 bits per heavy atom. The molecule has 0 aliphatic carbocycles. The molecule has 1 unspecified atom stereocenters. The summed E-state index contributed by atoms with van der Waals surface area (Å²) in [5.74, 6) is 0.219. The smallest absolute Gasteiger partial charge is 0.261 e. The molecule has 1 aliphatic heterocycles. The zero-order chi connectivity index (χ0) is 22.4. The van der Waals surface area contributed by atoms with E-state index in [-0.39, 0.29) is 18.1 Å². The summed E-state index contributed by atoms with van der Waals surface area (Å²) in [6.07, 6.45) is 6.08. The van der Waals surface area contributed by atoms with Gasteiger partial charge in [0.25, 0.3) is 5.91 Å². The summed E-state index contributed by atoms with van der Waals surface area (Å²) in [6.45, 7) is 4.55. The summed E-state index contributed by atoms with van der Waals surface area (Å²) in [4.78, 5) is 21.0. The van der Waals surface area contributed by atoms with E-state index >= 15 is 0 Å². The maximum Gasteiger partial charge on any atom is 0.261 e. The molecule has 31 heavy (non-hydrogen) atoms. The van der Waals surface area contributed by atoms with E-state index in [1.807, 2.05) is 19.9 Å². The lowest BCUT2D eigenvalue weighted by atomic mass is 9.96. The first kappa shape index (κ1) is 24.0. The Kier molecular flexibility index (Phi) is 8.69. The minimum Gasteiger partial charge on any atom is -0.381 e. The van der Waals surface area contributed by atoms with Crippen LogP contribution in [0.3, 0.4) is 0 Å². The highest BCUT2D eigenvalue weighted by atomic mass is 79.9. The molecule has 0 saturated heterocycles. The number of halogens is 1. The number of hydrogen-bond acceptors (Lipinski definition) is 5. The molecule has 0 spiro atoms. The van der Waals surface area contributed by atoms with E-state index in [0.29, 0.717) is 18.1 Å². The highest BCUT2D eigenvalue weighted by Crippen LogP contribution is 2.32. The number of amides is 1. The first-order chi connectivity index (χ1) is 14.9. The predicted molar refractivity (Wildman–Crippen MR) is 133 cm³/mol. The lowest BCUT2D eigenvalue weighted by Crippen LogP contribution is -2.46. The topological polar surface area (TPSA) is 67.9 Å². The van der Waals surface area contributed by atoms with E-state index in [9.17, 15) is 4.79 Å². The molecule has 2 heterocycles. The Morgan fingerprint density at radius 3 is 2.68 bits per heavy atom. The number of fused-ring (bicyclic) bond motifs is 1. The van der Waals surface area contributed by atoms with Gasteiger partial charge in [0.1, 0.15) is 0 Å². The first-order valence-electron chi connectivity index (χ1n) is 10.9. The Labute approximate surface area is 197 Å². The van der Waals surface area contributed by atoms with Crippen LogP contribution in [0.25, 0.3) is 10.4 Å². The summed E-state index contributed by atoms with van der Waals surface area (Å²) in [5, 5.41) is 2.06. The predicted octanol–water partition coefficient (Wildman–Crippen LogP) is 5.86. The number of carbonyl (C=O) groups is 1. The van der Waals surface area contributed by atoms with Gasteiger partial charge in [-0.25, -0.2) is 0 Å². The molecule has 168 valence electrons. The van der Waals surface area contributed by atoms with Gasteiger partial charge in [-0.05, 0) is 85.1 Å². The Hall–Kier alpha value is -1.70. The highest BCUT2D eigenvalue weighted by molar-refractivity contribution is 9.10. The number of hydrogen-bond donors (Lipinski definition) is 1. The monoisotopic (exact) mass is 505 g/mol. The summed E-state index contributed by atoms with van der Waals surface area (Å²) in [5.41, 5.74) is 9.14. The average Bonchev–Trinajstić information content (AvgIpc) is 3.18. The quantitative estimate of drug-likeness (QED) is 0.567. The van der Waals surface area contributed by atoms with E-state index in [1.54, 1.807) is 23.3 Å². The second-order valence-electron chi connectivity index (χ2n) is 8.26. The van der Waals surface area contributed by atoms with Crippen molar-refractivity contribution in [3.63, 3.8) is 0 Å². The molecule has 0 fully saturated rings. The molecule has 2 aromatic rings. The molecule has 0 saturated carbocycles. The van der Waals surface area contributed by atoms with Crippen molar-refractivity contribution in [2.45, 2.75) is 64.5 Å². The third kappa shape index (κ3) is 6.18. The van der Waals surface area contributed by atoms with Crippen molar-refractivity contribution < 1.29 is 9.53 Å². The maximum absolute atomic E-state index is 13.7. The van der Waals surface area contributed by atoms with Gasteiger partial charge in [0.15, 0.2) is 5.96 Å². The van der Waals surface area contributed by atoms with Gasteiger partial charge >= 0.3 is 0 Å². The number of ether oxygens (including phenoxy) is 1. The summed E-state index contributed by atoms with van der Waals surface area (Å²) in [6, 6.07) is 8.23. The van der Waals surface area contributed by atoms with E-state index in [1.165, 1.54) is 0 Å². The van der Waals surface area contributed by atoms with Gasteiger partial charge in [0, 0.05) is 40.0 Å². The second kappa shape index (κ2) is 11.2. The Morgan fingerprint density at radius 2 is 2.00 bits per heavy atom. The van der Waals surface area contributed by atoms with Crippen molar-refractivity contribution in [2.24, 2.45) is 10.7 Å². The fraction of sp³-hybridized carbons (Fsp3) is 0.500. The standard InChI is InChI=1S/C24H32BrN3O2S/c1-16(2)28-23(29)21-13-18(22-14-19(25)15-31-22)11-10-17(21)7-4-5-8-20(30-3)9-6-12-27-24(28)26/h10-11,13-16,20H,4-9,12H2,1-3H3,(H2,26,27). The normalized spacial score (nSPS) is 19.1. The maximum atomic E-state index is 13.7. The molecule has 0 radical (unpaired) electrons. The molecule has 5 nitrogen and oxygen atoms in total. The van der Waals surface area contributed by atoms with Crippen LogP contribution in [0, 0.1) is 0 Å².